The number of nitrogens with one attached hydrogen (secondary N) is 1. The van der Waals surface area contributed by atoms with Crippen LogP contribution in [-0.2, 0) is 10.0 Å². The van der Waals surface area contributed by atoms with E-state index in [-0.39, 0.29) is 10.6 Å². The summed E-state index contributed by atoms with van der Waals surface area (Å²) in [4.78, 5) is -0.122. The Balaban J connectivity index is 2.45. The second-order valence-electron chi connectivity index (χ2n) is 4.78. The number of anilines is 1. The highest BCUT2D eigenvalue weighted by Gasteiger charge is 2.20. The molecule has 0 saturated carbocycles. The van der Waals surface area contributed by atoms with Crippen LogP contribution in [0.4, 0.5) is 10.1 Å². The molecule has 0 saturated heterocycles. The van der Waals surface area contributed by atoms with Gasteiger partial charge >= 0.3 is 0 Å². The minimum Gasteiger partial charge on any atom is -0.389 e. The molecule has 0 radical (unpaired) electrons. The molecule has 4 nitrogen and oxygen atoms in total. The molecule has 1 atom stereocenters. The molecular weight excluding hydrogens is 293 g/mol. The first-order valence-electron chi connectivity index (χ1n) is 6.37. The maximum absolute atomic E-state index is 13.3. The molecule has 2 N–H and O–H groups in total. The molecule has 112 valence electrons. The number of aliphatic hydroxyl groups excluding tert-OH is 1. The third kappa shape index (κ3) is 3.40. The fourth-order valence-corrected chi connectivity index (χ4v) is 3.36. The average molecular weight is 309 g/mol. The van der Waals surface area contributed by atoms with Crippen molar-refractivity contribution in [3.05, 3.63) is 59.4 Å². The van der Waals surface area contributed by atoms with Crippen molar-refractivity contribution in [1.29, 1.82) is 0 Å². The summed E-state index contributed by atoms with van der Waals surface area (Å²) < 4.78 is 40.5. The van der Waals surface area contributed by atoms with Crippen LogP contribution in [0.5, 0.6) is 0 Å². The van der Waals surface area contributed by atoms with E-state index in [4.69, 9.17) is 0 Å². The molecule has 6 heteroatoms. The van der Waals surface area contributed by atoms with Gasteiger partial charge in [-0.25, -0.2) is 12.8 Å². The topological polar surface area (TPSA) is 66.4 Å². The van der Waals surface area contributed by atoms with Crippen LogP contribution in [0.15, 0.2) is 47.4 Å². The van der Waals surface area contributed by atoms with Crippen molar-refractivity contribution in [3.63, 3.8) is 0 Å². The van der Waals surface area contributed by atoms with Crippen LogP contribution in [0.25, 0.3) is 0 Å². The lowest BCUT2D eigenvalue weighted by Gasteiger charge is -2.15. The largest absolute Gasteiger partial charge is 0.389 e. The van der Waals surface area contributed by atoms with Gasteiger partial charge in [-0.3, -0.25) is 4.72 Å². The van der Waals surface area contributed by atoms with Gasteiger partial charge in [0.05, 0.1) is 16.7 Å². The summed E-state index contributed by atoms with van der Waals surface area (Å²) in [5, 5.41) is 9.68. The Morgan fingerprint density at radius 1 is 1.19 bits per heavy atom. The van der Waals surface area contributed by atoms with Crippen LogP contribution in [0.3, 0.4) is 0 Å². The number of sulfonamides is 1. The zero-order valence-electron chi connectivity index (χ0n) is 11.7. The van der Waals surface area contributed by atoms with Crippen LogP contribution >= 0.6 is 0 Å². The number of hydrogen-bond acceptors (Lipinski definition) is 3. The fraction of sp³-hybridized carbons (Fsp3) is 0.200. The molecular formula is C15H16FNO3S. The Labute approximate surface area is 123 Å². The Hall–Kier alpha value is -1.92. The molecule has 21 heavy (non-hydrogen) atoms. The summed E-state index contributed by atoms with van der Waals surface area (Å²) in [5.41, 5.74) is 1.17. The van der Waals surface area contributed by atoms with Gasteiger partial charge in [-0.05, 0) is 37.6 Å². The molecule has 2 aromatic rings. The number of halogens is 1. The highest BCUT2D eigenvalue weighted by Crippen LogP contribution is 2.26. The SMILES string of the molecule is Cc1ccc(F)cc1S(=O)(=O)Nc1ccccc1C(C)O. The van der Waals surface area contributed by atoms with E-state index in [1.54, 1.807) is 38.1 Å². The van der Waals surface area contributed by atoms with Crippen LogP contribution in [0.1, 0.15) is 24.2 Å². The van der Waals surface area contributed by atoms with Gasteiger partial charge in [0.2, 0.25) is 0 Å². The average Bonchev–Trinajstić information content (AvgIpc) is 2.41. The van der Waals surface area contributed by atoms with Crippen molar-refractivity contribution in [3.8, 4) is 0 Å². The molecule has 0 amide bonds. The first-order chi connectivity index (χ1) is 9.81. The zero-order chi connectivity index (χ0) is 15.6. The van der Waals surface area contributed by atoms with Crippen molar-refractivity contribution in [2.45, 2.75) is 24.8 Å². The summed E-state index contributed by atoms with van der Waals surface area (Å²) in [5.74, 6) is -0.621. The Morgan fingerprint density at radius 2 is 1.86 bits per heavy atom. The normalized spacial score (nSPS) is 13.0. The van der Waals surface area contributed by atoms with E-state index >= 15 is 0 Å². The first kappa shape index (κ1) is 15.5. The zero-order valence-corrected chi connectivity index (χ0v) is 12.5. The van der Waals surface area contributed by atoms with E-state index in [9.17, 15) is 17.9 Å². The van der Waals surface area contributed by atoms with Crippen LogP contribution in [0, 0.1) is 12.7 Å². The van der Waals surface area contributed by atoms with Gasteiger partial charge in [0.15, 0.2) is 0 Å². The Kier molecular flexibility index (Phi) is 4.29. The van der Waals surface area contributed by atoms with Gasteiger partial charge in [-0.1, -0.05) is 24.3 Å². The second kappa shape index (κ2) is 5.83. The van der Waals surface area contributed by atoms with Crippen molar-refractivity contribution >= 4 is 15.7 Å². The molecule has 0 heterocycles. The molecule has 0 aliphatic heterocycles. The minimum atomic E-state index is -3.92. The molecule has 0 spiro atoms. The number of benzene rings is 2. The van der Waals surface area contributed by atoms with Gasteiger partial charge < -0.3 is 5.11 Å². The molecule has 0 aliphatic carbocycles. The minimum absolute atomic E-state index is 0.122. The predicted molar refractivity (Wildman–Crippen MR) is 79.0 cm³/mol. The third-order valence-corrected chi connectivity index (χ3v) is 4.60. The fourth-order valence-electron chi connectivity index (χ4n) is 2.02. The van der Waals surface area contributed by atoms with E-state index in [0.29, 0.717) is 11.1 Å². The van der Waals surface area contributed by atoms with Crippen molar-refractivity contribution in [2.24, 2.45) is 0 Å². The summed E-state index contributed by atoms with van der Waals surface area (Å²) in [6.07, 6.45) is -0.822. The van der Waals surface area contributed by atoms with Gasteiger partial charge in [-0.15, -0.1) is 0 Å². The van der Waals surface area contributed by atoms with Crippen LogP contribution < -0.4 is 4.72 Å². The van der Waals surface area contributed by atoms with E-state index in [0.717, 1.165) is 6.07 Å². The molecule has 0 aromatic heterocycles. The van der Waals surface area contributed by atoms with Gasteiger partial charge in [0.25, 0.3) is 10.0 Å². The van der Waals surface area contributed by atoms with Crippen molar-refractivity contribution in [1.82, 2.24) is 0 Å². The smallest absolute Gasteiger partial charge is 0.262 e. The van der Waals surface area contributed by atoms with Crippen LogP contribution in [-0.4, -0.2) is 13.5 Å². The highest BCUT2D eigenvalue weighted by atomic mass is 32.2. The summed E-state index contributed by atoms with van der Waals surface area (Å²) in [6, 6.07) is 10.1. The van der Waals surface area contributed by atoms with Gasteiger partial charge in [0, 0.05) is 5.56 Å². The van der Waals surface area contributed by atoms with Crippen LogP contribution in [0.2, 0.25) is 0 Å². The molecule has 2 rings (SSSR count). The Bertz CT molecular complexity index is 757. The summed E-state index contributed by atoms with van der Waals surface area (Å²) in [7, 11) is -3.92. The van der Waals surface area contributed by atoms with Crippen molar-refractivity contribution < 1.29 is 17.9 Å². The number of aliphatic hydroxyl groups is 1. The predicted octanol–water partition coefficient (Wildman–Crippen LogP) is 2.99. The maximum Gasteiger partial charge on any atom is 0.262 e. The van der Waals surface area contributed by atoms with E-state index in [1.807, 2.05) is 0 Å². The lowest BCUT2D eigenvalue weighted by atomic mass is 10.1. The number of rotatable bonds is 4. The monoisotopic (exact) mass is 309 g/mol. The number of aryl methyl sites for hydroxylation is 1. The summed E-state index contributed by atoms with van der Waals surface area (Å²) >= 11 is 0. The highest BCUT2D eigenvalue weighted by molar-refractivity contribution is 7.92. The third-order valence-electron chi connectivity index (χ3n) is 3.09. The first-order valence-corrected chi connectivity index (χ1v) is 7.85. The lowest BCUT2D eigenvalue weighted by molar-refractivity contribution is 0.200. The van der Waals surface area contributed by atoms with Gasteiger partial charge in [0.1, 0.15) is 5.82 Å². The molecule has 0 aliphatic rings. The molecule has 2 aromatic carbocycles. The molecule has 0 fully saturated rings. The Morgan fingerprint density at radius 3 is 2.52 bits per heavy atom. The quantitative estimate of drug-likeness (QED) is 0.912. The molecule has 1 unspecified atom stereocenters. The van der Waals surface area contributed by atoms with Gasteiger partial charge in [-0.2, -0.15) is 0 Å². The maximum atomic E-state index is 13.3. The second-order valence-corrected chi connectivity index (χ2v) is 6.43. The van der Waals surface area contributed by atoms with E-state index in [2.05, 4.69) is 4.72 Å². The van der Waals surface area contributed by atoms with Crippen molar-refractivity contribution in [2.75, 3.05) is 4.72 Å². The number of hydrogen-bond donors (Lipinski definition) is 2. The van der Waals surface area contributed by atoms with E-state index < -0.39 is 21.9 Å². The lowest BCUT2D eigenvalue weighted by Crippen LogP contribution is -2.16. The van der Waals surface area contributed by atoms with E-state index in [1.165, 1.54) is 12.1 Å². The summed E-state index contributed by atoms with van der Waals surface area (Å²) in [6.45, 7) is 3.13. The molecule has 0 bridgehead atoms. The number of para-hydroxylation sites is 1. The standard InChI is InChI=1S/C15H16FNO3S/c1-10-7-8-12(16)9-15(10)21(19,20)17-14-6-4-3-5-13(14)11(2)18/h3-9,11,17-18H,1-2H3.